The van der Waals surface area contributed by atoms with Crippen molar-refractivity contribution in [1.82, 2.24) is 0 Å². The quantitative estimate of drug-likeness (QED) is 0.864. The van der Waals surface area contributed by atoms with Crippen LogP contribution in [0.2, 0.25) is 0 Å². The minimum atomic E-state index is -0.182. The molecule has 3 N–H and O–H groups in total. The van der Waals surface area contributed by atoms with Crippen LogP contribution >= 0.6 is 0 Å². The first-order valence-corrected chi connectivity index (χ1v) is 6.21. The molecule has 0 saturated heterocycles. The van der Waals surface area contributed by atoms with Gasteiger partial charge in [0.05, 0.1) is 6.61 Å². The normalized spacial score (nSPS) is 12.4. The molecule has 0 aliphatic heterocycles. The van der Waals surface area contributed by atoms with Crippen LogP contribution < -0.4 is 5.73 Å². The second-order valence-electron chi connectivity index (χ2n) is 4.71. The minimum Gasteiger partial charge on any atom is -0.395 e. The van der Waals surface area contributed by atoms with Crippen molar-refractivity contribution in [2.24, 2.45) is 5.73 Å². The molecule has 0 fully saturated rings. The van der Waals surface area contributed by atoms with Gasteiger partial charge in [-0.05, 0) is 30.0 Å². The topological polar surface area (TPSA) is 46.2 Å². The second kappa shape index (κ2) is 5.80. The molecule has 2 aromatic rings. The summed E-state index contributed by atoms with van der Waals surface area (Å²) in [5.74, 6) is 0. The maximum Gasteiger partial charge on any atom is 0.0585 e. The lowest BCUT2D eigenvalue weighted by atomic mass is 9.99. The van der Waals surface area contributed by atoms with Crippen LogP contribution in [-0.4, -0.2) is 17.8 Å². The Labute approximate surface area is 108 Å². The predicted octanol–water partition coefficient (Wildman–Crippen LogP) is 2.52. The van der Waals surface area contributed by atoms with Crippen molar-refractivity contribution in [3.63, 3.8) is 0 Å². The van der Waals surface area contributed by atoms with E-state index in [1.165, 1.54) is 16.7 Å². The van der Waals surface area contributed by atoms with Gasteiger partial charge in [0.1, 0.15) is 0 Å². The zero-order valence-electron chi connectivity index (χ0n) is 10.6. The zero-order chi connectivity index (χ0) is 13.0. The van der Waals surface area contributed by atoms with Crippen molar-refractivity contribution in [1.29, 1.82) is 0 Å². The van der Waals surface area contributed by atoms with Crippen LogP contribution in [0.25, 0.3) is 11.1 Å². The SMILES string of the molecule is Cc1ccc(-c2cccc(CC(N)CO)c2)cc1. The maximum absolute atomic E-state index is 8.99. The molecule has 2 rings (SSSR count). The molecule has 2 nitrogen and oxygen atoms in total. The summed E-state index contributed by atoms with van der Waals surface area (Å²) in [5, 5.41) is 8.99. The third-order valence-corrected chi connectivity index (χ3v) is 3.04. The van der Waals surface area contributed by atoms with E-state index < -0.39 is 0 Å². The van der Waals surface area contributed by atoms with Crippen molar-refractivity contribution in [3.8, 4) is 11.1 Å². The third kappa shape index (κ3) is 3.19. The summed E-state index contributed by atoms with van der Waals surface area (Å²) >= 11 is 0. The van der Waals surface area contributed by atoms with E-state index in [4.69, 9.17) is 10.8 Å². The van der Waals surface area contributed by atoms with E-state index in [0.717, 1.165) is 5.56 Å². The minimum absolute atomic E-state index is 0.0226. The highest BCUT2D eigenvalue weighted by molar-refractivity contribution is 5.64. The largest absolute Gasteiger partial charge is 0.395 e. The van der Waals surface area contributed by atoms with Gasteiger partial charge in [0.2, 0.25) is 0 Å². The highest BCUT2D eigenvalue weighted by atomic mass is 16.3. The molecule has 0 heterocycles. The molecular formula is C16H19NO. The molecule has 2 aromatic carbocycles. The molecule has 0 saturated carbocycles. The van der Waals surface area contributed by atoms with Gasteiger partial charge in [0, 0.05) is 6.04 Å². The molecule has 1 unspecified atom stereocenters. The van der Waals surface area contributed by atoms with E-state index in [9.17, 15) is 0 Å². The molecule has 1 atom stereocenters. The average molecular weight is 241 g/mol. The first-order valence-electron chi connectivity index (χ1n) is 6.21. The summed E-state index contributed by atoms with van der Waals surface area (Å²) in [6.07, 6.45) is 0.705. The van der Waals surface area contributed by atoms with Gasteiger partial charge >= 0.3 is 0 Å². The van der Waals surface area contributed by atoms with Gasteiger partial charge in [-0.15, -0.1) is 0 Å². The van der Waals surface area contributed by atoms with Crippen molar-refractivity contribution >= 4 is 0 Å². The fourth-order valence-corrected chi connectivity index (χ4v) is 1.99. The first kappa shape index (κ1) is 12.8. The van der Waals surface area contributed by atoms with Crippen LogP contribution in [-0.2, 0) is 6.42 Å². The molecule has 0 spiro atoms. The van der Waals surface area contributed by atoms with Crippen LogP contribution in [0.15, 0.2) is 48.5 Å². The Bertz CT molecular complexity index is 505. The summed E-state index contributed by atoms with van der Waals surface area (Å²) in [4.78, 5) is 0. The predicted molar refractivity (Wildman–Crippen MR) is 75.4 cm³/mol. The van der Waals surface area contributed by atoms with Crippen LogP contribution in [0, 0.1) is 6.92 Å². The van der Waals surface area contributed by atoms with Gasteiger partial charge in [-0.25, -0.2) is 0 Å². The van der Waals surface area contributed by atoms with Crippen molar-refractivity contribution in [2.45, 2.75) is 19.4 Å². The van der Waals surface area contributed by atoms with Gasteiger partial charge < -0.3 is 10.8 Å². The standard InChI is InChI=1S/C16H19NO/c1-12-5-7-14(8-6-12)15-4-2-3-13(9-15)10-16(17)11-18/h2-9,16,18H,10-11,17H2,1H3. The van der Waals surface area contributed by atoms with Crippen molar-refractivity contribution in [2.75, 3.05) is 6.61 Å². The summed E-state index contributed by atoms with van der Waals surface area (Å²) in [6, 6.07) is 16.6. The Hall–Kier alpha value is -1.64. The molecule has 2 heteroatoms. The molecule has 18 heavy (non-hydrogen) atoms. The number of nitrogens with two attached hydrogens (primary N) is 1. The van der Waals surface area contributed by atoms with E-state index in [1.54, 1.807) is 0 Å². The van der Waals surface area contributed by atoms with E-state index in [1.807, 2.05) is 12.1 Å². The Balaban J connectivity index is 2.24. The van der Waals surface area contributed by atoms with Crippen LogP contribution in [0.1, 0.15) is 11.1 Å². The number of hydrogen-bond donors (Lipinski definition) is 2. The van der Waals surface area contributed by atoms with Crippen molar-refractivity contribution in [3.05, 3.63) is 59.7 Å². The lowest BCUT2D eigenvalue weighted by Crippen LogP contribution is -2.26. The molecule has 94 valence electrons. The summed E-state index contributed by atoms with van der Waals surface area (Å²) in [5.41, 5.74) is 10.6. The van der Waals surface area contributed by atoms with Gasteiger partial charge in [-0.2, -0.15) is 0 Å². The van der Waals surface area contributed by atoms with Crippen LogP contribution in [0.5, 0.6) is 0 Å². The van der Waals surface area contributed by atoms with Gasteiger partial charge in [-0.1, -0.05) is 54.1 Å². The Morgan fingerprint density at radius 2 is 1.78 bits per heavy atom. The van der Waals surface area contributed by atoms with E-state index >= 15 is 0 Å². The van der Waals surface area contributed by atoms with Crippen molar-refractivity contribution < 1.29 is 5.11 Å². The summed E-state index contributed by atoms with van der Waals surface area (Å²) < 4.78 is 0. The van der Waals surface area contributed by atoms with Crippen LogP contribution in [0.3, 0.4) is 0 Å². The first-order chi connectivity index (χ1) is 8.69. The highest BCUT2D eigenvalue weighted by Gasteiger charge is 2.04. The molecular weight excluding hydrogens is 222 g/mol. The Morgan fingerprint density at radius 1 is 1.06 bits per heavy atom. The number of aliphatic hydroxyl groups is 1. The number of aryl methyl sites for hydroxylation is 1. The monoisotopic (exact) mass is 241 g/mol. The highest BCUT2D eigenvalue weighted by Crippen LogP contribution is 2.21. The fraction of sp³-hybridized carbons (Fsp3) is 0.250. The third-order valence-electron chi connectivity index (χ3n) is 3.04. The lowest BCUT2D eigenvalue weighted by Gasteiger charge is -2.10. The smallest absolute Gasteiger partial charge is 0.0585 e. The number of hydrogen-bond acceptors (Lipinski definition) is 2. The molecule has 0 aliphatic rings. The Kier molecular flexibility index (Phi) is 4.13. The maximum atomic E-state index is 8.99. The van der Waals surface area contributed by atoms with E-state index in [2.05, 4.69) is 43.3 Å². The van der Waals surface area contributed by atoms with Crippen LogP contribution in [0.4, 0.5) is 0 Å². The fourth-order valence-electron chi connectivity index (χ4n) is 1.99. The molecule has 0 aromatic heterocycles. The summed E-state index contributed by atoms with van der Waals surface area (Å²) in [7, 11) is 0. The molecule has 0 aliphatic carbocycles. The van der Waals surface area contributed by atoms with E-state index in [-0.39, 0.29) is 12.6 Å². The van der Waals surface area contributed by atoms with E-state index in [0.29, 0.717) is 6.42 Å². The summed E-state index contributed by atoms with van der Waals surface area (Å²) in [6.45, 7) is 2.11. The number of aliphatic hydroxyl groups excluding tert-OH is 1. The number of benzene rings is 2. The second-order valence-corrected chi connectivity index (χ2v) is 4.71. The zero-order valence-corrected chi connectivity index (χ0v) is 10.6. The van der Waals surface area contributed by atoms with Gasteiger partial charge in [0.15, 0.2) is 0 Å². The lowest BCUT2D eigenvalue weighted by molar-refractivity contribution is 0.265. The molecule has 0 amide bonds. The number of rotatable bonds is 4. The molecule has 0 bridgehead atoms. The Morgan fingerprint density at radius 3 is 2.44 bits per heavy atom. The molecule has 0 radical (unpaired) electrons. The average Bonchev–Trinajstić information content (AvgIpc) is 2.40. The van der Waals surface area contributed by atoms with Gasteiger partial charge in [-0.3, -0.25) is 0 Å². The van der Waals surface area contributed by atoms with Gasteiger partial charge in [0.25, 0.3) is 0 Å².